The molecule has 2 aromatic carbocycles. The molecule has 0 aromatic heterocycles. The monoisotopic (exact) mass is 274 g/mol. The number of oxime groups is 1. The molecule has 0 bridgehead atoms. The molecule has 0 aliphatic carbocycles. The summed E-state index contributed by atoms with van der Waals surface area (Å²) in [5.41, 5.74) is 7.75. The van der Waals surface area contributed by atoms with Crippen LogP contribution in [0.4, 0.5) is 4.39 Å². The van der Waals surface area contributed by atoms with E-state index in [-0.39, 0.29) is 18.3 Å². The van der Waals surface area contributed by atoms with E-state index in [2.05, 4.69) is 5.16 Å². The highest BCUT2D eigenvalue weighted by Crippen LogP contribution is 2.21. The van der Waals surface area contributed by atoms with E-state index >= 15 is 0 Å². The van der Waals surface area contributed by atoms with Crippen LogP contribution in [0.1, 0.15) is 16.7 Å². The predicted octanol–water partition coefficient (Wildman–Crippen LogP) is 2.81. The molecule has 2 rings (SSSR count). The van der Waals surface area contributed by atoms with Crippen LogP contribution in [0.5, 0.6) is 5.75 Å². The number of aryl methyl sites for hydroxylation is 1. The first-order chi connectivity index (χ1) is 9.60. The van der Waals surface area contributed by atoms with Crippen molar-refractivity contribution in [2.24, 2.45) is 10.9 Å². The second-order valence-electron chi connectivity index (χ2n) is 4.38. The average Bonchev–Trinajstić information content (AvgIpc) is 2.45. The minimum Gasteiger partial charge on any atom is -0.489 e. The number of amidine groups is 1. The van der Waals surface area contributed by atoms with Gasteiger partial charge in [-0.15, -0.1) is 0 Å². The summed E-state index contributed by atoms with van der Waals surface area (Å²) in [6.07, 6.45) is 0. The van der Waals surface area contributed by atoms with Gasteiger partial charge >= 0.3 is 0 Å². The van der Waals surface area contributed by atoms with Gasteiger partial charge in [0.2, 0.25) is 0 Å². The lowest BCUT2D eigenvalue weighted by Gasteiger charge is -2.11. The Balaban J connectivity index is 2.16. The fourth-order valence-electron chi connectivity index (χ4n) is 1.76. The Hall–Kier alpha value is -2.56. The van der Waals surface area contributed by atoms with Crippen LogP contribution in [-0.4, -0.2) is 11.0 Å². The van der Waals surface area contributed by atoms with Crippen molar-refractivity contribution >= 4 is 5.84 Å². The summed E-state index contributed by atoms with van der Waals surface area (Å²) >= 11 is 0. The van der Waals surface area contributed by atoms with Crippen molar-refractivity contribution < 1.29 is 14.3 Å². The van der Waals surface area contributed by atoms with Gasteiger partial charge in [0.15, 0.2) is 5.84 Å². The number of ether oxygens (including phenoxy) is 1. The highest BCUT2D eigenvalue weighted by molar-refractivity contribution is 5.97. The molecule has 0 amide bonds. The standard InChI is InChI=1S/C15H15FN2O2/c1-10-5-6-12(15(17)18-19)8-14(10)20-9-11-3-2-4-13(16)7-11/h2-8,19H,9H2,1H3,(H2,17,18). The van der Waals surface area contributed by atoms with Crippen molar-refractivity contribution in [3.8, 4) is 5.75 Å². The molecule has 0 unspecified atom stereocenters. The lowest BCUT2D eigenvalue weighted by molar-refractivity contribution is 0.303. The lowest BCUT2D eigenvalue weighted by Crippen LogP contribution is -2.13. The Morgan fingerprint density at radius 2 is 2.10 bits per heavy atom. The van der Waals surface area contributed by atoms with E-state index in [0.29, 0.717) is 11.3 Å². The van der Waals surface area contributed by atoms with Crippen LogP contribution < -0.4 is 10.5 Å². The van der Waals surface area contributed by atoms with Crippen LogP contribution in [-0.2, 0) is 6.61 Å². The summed E-state index contributed by atoms with van der Waals surface area (Å²) in [5.74, 6) is 0.326. The minimum atomic E-state index is -0.298. The van der Waals surface area contributed by atoms with Gasteiger partial charge in [0, 0.05) is 5.56 Å². The first-order valence-corrected chi connectivity index (χ1v) is 6.06. The Kier molecular flexibility index (Phi) is 4.20. The van der Waals surface area contributed by atoms with E-state index in [4.69, 9.17) is 15.7 Å². The third-order valence-corrected chi connectivity index (χ3v) is 2.88. The third kappa shape index (κ3) is 3.26. The zero-order chi connectivity index (χ0) is 14.5. The van der Waals surface area contributed by atoms with E-state index in [1.165, 1.54) is 12.1 Å². The van der Waals surface area contributed by atoms with Crippen molar-refractivity contribution in [1.82, 2.24) is 0 Å². The van der Waals surface area contributed by atoms with Gasteiger partial charge < -0.3 is 15.7 Å². The summed E-state index contributed by atoms with van der Waals surface area (Å²) in [4.78, 5) is 0. The molecule has 2 aromatic rings. The molecule has 4 nitrogen and oxygen atoms in total. The van der Waals surface area contributed by atoms with Crippen LogP contribution in [0.25, 0.3) is 0 Å². The zero-order valence-electron chi connectivity index (χ0n) is 11.0. The second kappa shape index (κ2) is 6.06. The molecule has 0 saturated carbocycles. The molecule has 0 heterocycles. The van der Waals surface area contributed by atoms with Gasteiger partial charge in [-0.05, 0) is 36.2 Å². The summed E-state index contributed by atoms with van der Waals surface area (Å²) in [6.45, 7) is 2.13. The van der Waals surface area contributed by atoms with Crippen LogP contribution in [0, 0.1) is 12.7 Å². The molecule has 0 atom stereocenters. The molecule has 5 heteroatoms. The summed E-state index contributed by atoms with van der Waals surface area (Å²) < 4.78 is 18.7. The number of nitrogens with zero attached hydrogens (tertiary/aromatic N) is 1. The number of rotatable bonds is 4. The molecule has 104 valence electrons. The van der Waals surface area contributed by atoms with Crippen molar-refractivity contribution in [3.63, 3.8) is 0 Å². The maximum absolute atomic E-state index is 13.1. The van der Waals surface area contributed by atoms with Crippen LogP contribution >= 0.6 is 0 Å². The normalized spacial score (nSPS) is 11.4. The van der Waals surface area contributed by atoms with E-state index in [0.717, 1.165) is 11.1 Å². The quantitative estimate of drug-likeness (QED) is 0.390. The smallest absolute Gasteiger partial charge is 0.170 e. The molecule has 0 radical (unpaired) electrons. The molecule has 0 spiro atoms. The van der Waals surface area contributed by atoms with Crippen molar-refractivity contribution in [3.05, 3.63) is 65.0 Å². The van der Waals surface area contributed by atoms with Gasteiger partial charge in [-0.2, -0.15) is 0 Å². The number of nitrogens with two attached hydrogens (primary N) is 1. The Labute approximate surface area is 116 Å². The van der Waals surface area contributed by atoms with E-state index in [9.17, 15) is 4.39 Å². The fraction of sp³-hybridized carbons (Fsp3) is 0.133. The Morgan fingerprint density at radius 3 is 2.80 bits per heavy atom. The summed E-state index contributed by atoms with van der Waals surface area (Å²) in [5, 5.41) is 11.6. The maximum atomic E-state index is 13.1. The molecule has 0 aliphatic rings. The van der Waals surface area contributed by atoms with Gasteiger partial charge in [0.1, 0.15) is 18.2 Å². The van der Waals surface area contributed by atoms with Gasteiger partial charge in [0.25, 0.3) is 0 Å². The van der Waals surface area contributed by atoms with Gasteiger partial charge in [-0.25, -0.2) is 4.39 Å². The molecule has 0 aliphatic heterocycles. The minimum absolute atomic E-state index is 0.0144. The Morgan fingerprint density at radius 1 is 1.30 bits per heavy atom. The molecular formula is C15H15FN2O2. The number of benzene rings is 2. The highest BCUT2D eigenvalue weighted by Gasteiger charge is 2.06. The number of halogens is 1. The summed E-state index contributed by atoms with van der Waals surface area (Å²) in [7, 11) is 0. The first kappa shape index (κ1) is 13.9. The van der Waals surface area contributed by atoms with E-state index in [1.54, 1.807) is 24.3 Å². The van der Waals surface area contributed by atoms with E-state index < -0.39 is 0 Å². The Bertz CT molecular complexity index is 642. The van der Waals surface area contributed by atoms with Crippen molar-refractivity contribution in [1.29, 1.82) is 0 Å². The first-order valence-electron chi connectivity index (χ1n) is 6.06. The predicted molar refractivity (Wildman–Crippen MR) is 74.4 cm³/mol. The lowest BCUT2D eigenvalue weighted by atomic mass is 10.1. The van der Waals surface area contributed by atoms with Gasteiger partial charge in [-0.3, -0.25) is 0 Å². The topological polar surface area (TPSA) is 67.8 Å². The third-order valence-electron chi connectivity index (χ3n) is 2.88. The van der Waals surface area contributed by atoms with Crippen LogP contribution in [0.2, 0.25) is 0 Å². The van der Waals surface area contributed by atoms with Gasteiger partial charge in [0.05, 0.1) is 0 Å². The molecule has 0 saturated heterocycles. The average molecular weight is 274 g/mol. The largest absolute Gasteiger partial charge is 0.489 e. The maximum Gasteiger partial charge on any atom is 0.170 e. The zero-order valence-corrected chi connectivity index (χ0v) is 11.0. The molecule has 3 N–H and O–H groups in total. The van der Waals surface area contributed by atoms with E-state index in [1.807, 2.05) is 13.0 Å². The van der Waals surface area contributed by atoms with Crippen molar-refractivity contribution in [2.75, 3.05) is 0 Å². The van der Waals surface area contributed by atoms with Gasteiger partial charge in [-0.1, -0.05) is 29.4 Å². The van der Waals surface area contributed by atoms with Crippen molar-refractivity contribution in [2.45, 2.75) is 13.5 Å². The fourth-order valence-corrected chi connectivity index (χ4v) is 1.76. The summed E-state index contributed by atoms with van der Waals surface area (Å²) in [6, 6.07) is 11.5. The molecular weight excluding hydrogens is 259 g/mol. The molecule has 20 heavy (non-hydrogen) atoms. The van der Waals surface area contributed by atoms with Crippen LogP contribution in [0.15, 0.2) is 47.6 Å². The van der Waals surface area contributed by atoms with Crippen LogP contribution in [0.3, 0.4) is 0 Å². The highest BCUT2D eigenvalue weighted by atomic mass is 19.1. The number of hydrogen-bond acceptors (Lipinski definition) is 3. The number of hydrogen-bond donors (Lipinski definition) is 2. The second-order valence-corrected chi connectivity index (χ2v) is 4.38. The molecule has 0 fully saturated rings. The SMILES string of the molecule is Cc1ccc(/C(N)=N/O)cc1OCc1cccc(F)c1.